The van der Waals surface area contributed by atoms with Crippen LogP contribution in [0.15, 0.2) is 29.2 Å². The molecule has 0 bridgehead atoms. The Hall–Kier alpha value is -3.17. The first-order valence-electron chi connectivity index (χ1n) is 6.85. The molecule has 0 aliphatic rings. The molecule has 0 unspecified atom stereocenters. The Labute approximate surface area is 131 Å². The number of halogens is 3. The van der Waals surface area contributed by atoms with E-state index in [1.54, 1.807) is 6.92 Å². The number of hydrogen-bond donors (Lipinski definition) is 2. The summed E-state index contributed by atoms with van der Waals surface area (Å²) in [5.74, 6) is 0.205. The zero-order valence-corrected chi connectivity index (χ0v) is 12.1. The van der Waals surface area contributed by atoms with Crippen molar-refractivity contribution in [3.63, 3.8) is 0 Å². The van der Waals surface area contributed by atoms with Gasteiger partial charge in [0.2, 0.25) is 0 Å². The van der Waals surface area contributed by atoms with Crippen LogP contribution < -0.4 is 5.69 Å². The molecule has 10 heteroatoms. The number of alkyl halides is 3. The van der Waals surface area contributed by atoms with E-state index in [2.05, 4.69) is 25.3 Å². The number of aryl methyl sites for hydroxylation is 1. The Bertz CT molecular complexity index is 1140. The summed E-state index contributed by atoms with van der Waals surface area (Å²) in [5.41, 5.74) is -0.737. The maximum atomic E-state index is 13.2. The predicted octanol–water partition coefficient (Wildman–Crippen LogP) is 2.29. The number of aromatic amines is 2. The normalized spacial score (nSPS) is 12.3. The molecule has 0 saturated heterocycles. The third-order valence-electron chi connectivity index (χ3n) is 3.71. The summed E-state index contributed by atoms with van der Waals surface area (Å²) in [6.45, 7) is 1.75. The van der Waals surface area contributed by atoms with Gasteiger partial charge >= 0.3 is 11.9 Å². The standard InChI is InChI=1S/C14H9F3N6O/c1-6-8(5-18-21-6)11-20-12-7-3-2-4-9(14(15,16)17)10(7)19-13(24)23(12)22-11/h2-5H,1H3,(H,18,21)(H,19,24). The van der Waals surface area contributed by atoms with Crippen LogP contribution in [0.2, 0.25) is 0 Å². The molecule has 2 N–H and O–H groups in total. The molecular formula is C14H9F3N6O. The summed E-state index contributed by atoms with van der Waals surface area (Å²) in [7, 11) is 0. The van der Waals surface area contributed by atoms with E-state index < -0.39 is 17.4 Å². The molecule has 24 heavy (non-hydrogen) atoms. The third kappa shape index (κ3) is 1.99. The molecule has 4 aromatic rings. The Morgan fingerprint density at radius 1 is 1.25 bits per heavy atom. The molecule has 0 spiro atoms. The van der Waals surface area contributed by atoms with Crippen molar-refractivity contribution in [1.82, 2.24) is 29.8 Å². The molecule has 0 aliphatic heterocycles. The second-order valence-electron chi connectivity index (χ2n) is 5.24. The fourth-order valence-corrected chi connectivity index (χ4v) is 2.59. The monoisotopic (exact) mass is 334 g/mol. The van der Waals surface area contributed by atoms with E-state index in [0.717, 1.165) is 10.6 Å². The van der Waals surface area contributed by atoms with Gasteiger partial charge in [-0.1, -0.05) is 6.07 Å². The van der Waals surface area contributed by atoms with Gasteiger partial charge in [0.05, 0.1) is 22.8 Å². The highest BCUT2D eigenvalue weighted by Crippen LogP contribution is 2.34. The lowest BCUT2D eigenvalue weighted by atomic mass is 10.1. The van der Waals surface area contributed by atoms with Crippen LogP contribution in [0.5, 0.6) is 0 Å². The van der Waals surface area contributed by atoms with Gasteiger partial charge < -0.3 is 4.98 Å². The van der Waals surface area contributed by atoms with Crippen molar-refractivity contribution in [3.8, 4) is 11.4 Å². The molecule has 122 valence electrons. The fraction of sp³-hybridized carbons (Fsp3) is 0.143. The first-order chi connectivity index (χ1) is 11.4. The van der Waals surface area contributed by atoms with Gasteiger partial charge in [0.1, 0.15) is 0 Å². The molecule has 0 saturated carbocycles. The minimum Gasteiger partial charge on any atom is -0.305 e. The fourth-order valence-electron chi connectivity index (χ4n) is 2.59. The van der Waals surface area contributed by atoms with Crippen LogP contribution in [-0.2, 0) is 6.18 Å². The molecule has 3 aromatic heterocycles. The Morgan fingerprint density at radius 3 is 2.71 bits per heavy atom. The lowest BCUT2D eigenvalue weighted by Gasteiger charge is -2.09. The van der Waals surface area contributed by atoms with Crippen molar-refractivity contribution in [1.29, 1.82) is 0 Å². The second kappa shape index (κ2) is 4.66. The van der Waals surface area contributed by atoms with Crippen LogP contribution in [0.3, 0.4) is 0 Å². The SMILES string of the molecule is Cc1[nH]ncc1-c1nc2c3cccc(C(F)(F)F)c3[nH]c(=O)n2n1. The number of aromatic nitrogens is 6. The van der Waals surface area contributed by atoms with Gasteiger partial charge in [-0.2, -0.15) is 22.8 Å². The topological polar surface area (TPSA) is 91.7 Å². The van der Waals surface area contributed by atoms with E-state index >= 15 is 0 Å². The zero-order chi connectivity index (χ0) is 17.1. The lowest BCUT2D eigenvalue weighted by Crippen LogP contribution is -2.19. The first kappa shape index (κ1) is 14.4. The zero-order valence-electron chi connectivity index (χ0n) is 12.1. The highest BCUT2D eigenvalue weighted by atomic mass is 19.4. The molecular weight excluding hydrogens is 325 g/mol. The van der Waals surface area contributed by atoms with E-state index in [1.165, 1.54) is 18.3 Å². The Balaban J connectivity index is 2.11. The van der Waals surface area contributed by atoms with Crippen LogP contribution in [0.4, 0.5) is 13.2 Å². The summed E-state index contributed by atoms with van der Waals surface area (Å²) in [5, 5.41) is 10.8. The summed E-state index contributed by atoms with van der Waals surface area (Å²) < 4.78 is 40.4. The molecule has 7 nitrogen and oxygen atoms in total. The van der Waals surface area contributed by atoms with E-state index in [4.69, 9.17) is 0 Å². The number of hydrogen-bond acceptors (Lipinski definition) is 4. The Morgan fingerprint density at radius 2 is 2.04 bits per heavy atom. The summed E-state index contributed by atoms with van der Waals surface area (Å²) in [4.78, 5) is 18.6. The lowest BCUT2D eigenvalue weighted by molar-refractivity contribution is -0.136. The molecule has 4 rings (SSSR count). The van der Waals surface area contributed by atoms with Gasteiger partial charge in [-0.05, 0) is 19.1 Å². The minimum atomic E-state index is -4.59. The maximum absolute atomic E-state index is 13.2. The van der Waals surface area contributed by atoms with Crippen LogP contribution in [0.25, 0.3) is 27.9 Å². The van der Waals surface area contributed by atoms with Gasteiger partial charge in [-0.15, -0.1) is 5.10 Å². The van der Waals surface area contributed by atoms with E-state index in [0.29, 0.717) is 11.3 Å². The number of fused-ring (bicyclic) bond motifs is 3. The highest BCUT2D eigenvalue weighted by Gasteiger charge is 2.33. The van der Waals surface area contributed by atoms with Crippen molar-refractivity contribution >= 4 is 16.6 Å². The molecule has 0 amide bonds. The van der Waals surface area contributed by atoms with Gasteiger partial charge in [-0.3, -0.25) is 5.10 Å². The second-order valence-corrected chi connectivity index (χ2v) is 5.24. The van der Waals surface area contributed by atoms with Gasteiger partial charge in [0.15, 0.2) is 11.5 Å². The van der Waals surface area contributed by atoms with Crippen LogP contribution >= 0.6 is 0 Å². The first-order valence-corrected chi connectivity index (χ1v) is 6.85. The number of H-pyrrole nitrogens is 2. The van der Waals surface area contributed by atoms with Crippen molar-refractivity contribution in [2.45, 2.75) is 13.1 Å². The maximum Gasteiger partial charge on any atom is 0.418 e. The van der Waals surface area contributed by atoms with E-state index in [-0.39, 0.29) is 22.4 Å². The average molecular weight is 334 g/mol. The van der Waals surface area contributed by atoms with Gasteiger partial charge in [0.25, 0.3) is 0 Å². The van der Waals surface area contributed by atoms with Crippen molar-refractivity contribution in [2.75, 3.05) is 0 Å². The number of benzene rings is 1. The molecule has 0 fully saturated rings. The highest BCUT2D eigenvalue weighted by molar-refractivity contribution is 5.93. The average Bonchev–Trinajstić information content (AvgIpc) is 3.12. The van der Waals surface area contributed by atoms with E-state index in [1.807, 2.05) is 0 Å². The van der Waals surface area contributed by atoms with Crippen LogP contribution in [0, 0.1) is 6.92 Å². The van der Waals surface area contributed by atoms with Crippen molar-refractivity contribution in [2.24, 2.45) is 0 Å². The van der Waals surface area contributed by atoms with Gasteiger partial charge in [-0.25, -0.2) is 9.78 Å². The van der Waals surface area contributed by atoms with Crippen LogP contribution in [0.1, 0.15) is 11.3 Å². The van der Waals surface area contributed by atoms with E-state index in [9.17, 15) is 18.0 Å². The minimum absolute atomic E-state index is 0.0513. The summed E-state index contributed by atoms with van der Waals surface area (Å²) >= 11 is 0. The number of nitrogens with zero attached hydrogens (tertiary/aromatic N) is 4. The largest absolute Gasteiger partial charge is 0.418 e. The van der Waals surface area contributed by atoms with Gasteiger partial charge in [0, 0.05) is 11.1 Å². The number of rotatable bonds is 1. The Kier molecular flexibility index (Phi) is 2.80. The molecule has 1 aromatic carbocycles. The summed E-state index contributed by atoms with van der Waals surface area (Å²) in [6, 6.07) is 3.63. The van der Waals surface area contributed by atoms with Crippen molar-refractivity contribution in [3.05, 3.63) is 46.1 Å². The molecule has 0 aliphatic carbocycles. The smallest absolute Gasteiger partial charge is 0.305 e. The molecule has 0 radical (unpaired) electrons. The van der Waals surface area contributed by atoms with Crippen LogP contribution in [-0.4, -0.2) is 29.8 Å². The van der Waals surface area contributed by atoms with Crippen molar-refractivity contribution < 1.29 is 13.2 Å². The third-order valence-corrected chi connectivity index (χ3v) is 3.71. The number of nitrogens with one attached hydrogen (secondary N) is 2. The quantitative estimate of drug-likeness (QED) is 0.559. The number of para-hydroxylation sites is 1. The molecule has 3 heterocycles. The summed E-state index contributed by atoms with van der Waals surface area (Å²) in [6.07, 6.45) is -3.10. The molecule has 0 atom stereocenters. The predicted molar refractivity (Wildman–Crippen MR) is 78.4 cm³/mol.